The van der Waals surface area contributed by atoms with E-state index in [4.69, 9.17) is 16.6 Å². The van der Waals surface area contributed by atoms with Gasteiger partial charge in [0.1, 0.15) is 0 Å². The van der Waals surface area contributed by atoms with E-state index in [1.165, 1.54) is 10.9 Å². The van der Waals surface area contributed by atoms with Crippen LogP contribution in [0.2, 0.25) is 5.02 Å². The lowest BCUT2D eigenvalue weighted by Gasteiger charge is -2.16. The number of likely N-dealkylation sites (N-methyl/N-ethyl adjacent to an activating group) is 1. The summed E-state index contributed by atoms with van der Waals surface area (Å²) in [7, 11) is 1.97. The van der Waals surface area contributed by atoms with Gasteiger partial charge in [-0.1, -0.05) is 48.0 Å². The highest BCUT2D eigenvalue weighted by atomic mass is 35.5. The second-order valence-electron chi connectivity index (χ2n) is 5.09. The summed E-state index contributed by atoms with van der Waals surface area (Å²) in [6, 6.07) is 20.6. The van der Waals surface area contributed by atoms with Gasteiger partial charge in [0.25, 0.3) is 0 Å². The van der Waals surface area contributed by atoms with Crippen LogP contribution in [-0.4, -0.2) is 12.0 Å². The molecule has 0 fully saturated rings. The molecule has 1 heterocycles. The molecule has 0 bridgehead atoms. The van der Waals surface area contributed by atoms with Crippen molar-refractivity contribution in [1.82, 2.24) is 10.3 Å². The van der Waals surface area contributed by atoms with Crippen LogP contribution in [0.4, 0.5) is 0 Å². The van der Waals surface area contributed by atoms with Crippen molar-refractivity contribution in [3.63, 3.8) is 0 Å². The van der Waals surface area contributed by atoms with Gasteiger partial charge < -0.3 is 5.32 Å². The van der Waals surface area contributed by atoms with Crippen LogP contribution in [0.15, 0.2) is 60.7 Å². The third kappa shape index (κ3) is 3.23. The van der Waals surface area contributed by atoms with Gasteiger partial charge in [-0.2, -0.15) is 0 Å². The number of nitrogens with zero attached hydrogens (tertiary/aromatic N) is 1. The largest absolute Gasteiger partial charge is 0.313 e. The number of hydrogen-bond acceptors (Lipinski definition) is 2. The first-order valence-electron chi connectivity index (χ1n) is 7.03. The Morgan fingerprint density at radius 3 is 2.52 bits per heavy atom. The molecule has 3 rings (SSSR count). The van der Waals surface area contributed by atoms with Crippen molar-refractivity contribution in [3.05, 3.63) is 76.9 Å². The van der Waals surface area contributed by atoms with Gasteiger partial charge >= 0.3 is 0 Å². The highest BCUT2D eigenvalue weighted by Gasteiger charge is 2.11. The molecule has 0 spiro atoms. The van der Waals surface area contributed by atoms with Gasteiger partial charge in [0.15, 0.2) is 0 Å². The quantitative estimate of drug-likeness (QED) is 0.772. The monoisotopic (exact) mass is 296 g/mol. The molecule has 0 aliphatic rings. The topological polar surface area (TPSA) is 24.9 Å². The minimum Gasteiger partial charge on any atom is -0.313 e. The summed E-state index contributed by atoms with van der Waals surface area (Å²) in [5.74, 6) is 0. The SMILES string of the molecule is CNC(Cc1ccc2ccccc2n1)c1ccc(Cl)cc1. The Morgan fingerprint density at radius 2 is 1.76 bits per heavy atom. The van der Waals surface area contributed by atoms with Gasteiger partial charge in [-0.25, -0.2) is 0 Å². The van der Waals surface area contributed by atoms with E-state index in [0.29, 0.717) is 0 Å². The summed E-state index contributed by atoms with van der Waals surface area (Å²) in [5.41, 5.74) is 3.35. The van der Waals surface area contributed by atoms with Crippen LogP contribution in [0.5, 0.6) is 0 Å². The highest BCUT2D eigenvalue weighted by Crippen LogP contribution is 2.21. The third-order valence-corrected chi connectivity index (χ3v) is 3.94. The van der Waals surface area contributed by atoms with Gasteiger partial charge in [0.2, 0.25) is 0 Å². The average Bonchev–Trinajstić information content (AvgIpc) is 2.53. The van der Waals surface area contributed by atoms with Crippen molar-refractivity contribution in [2.24, 2.45) is 0 Å². The lowest BCUT2D eigenvalue weighted by Crippen LogP contribution is -2.19. The number of rotatable bonds is 4. The molecule has 3 heteroatoms. The fraction of sp³-hybridized carbons (Fsp3) is 0.167. The molecule has 0 saturated carbocycles. The molecule has 0 saturated heterocycles. The number of para-hydroxylation sites is 1. The van der Waals surface area contributed by atoms with Crippen molar-refractivity contribution in [2.75, 3.05) is 7.05 Å². The van der Waals surface area contributed by atoms with Gasteiger partial charge in [-0.3, -0.25) is 4.98 Å². The molecule has 1 unspecified atom stereocenters. The maximum Gasteiger partial charge on any atom is 0.0705 e. The van der Waals surface area contributed by atoms with E-state index >= 15 is 0 Å². The molecule has 106 valence electrons. The Bertz CT molecular complexity index is 738. The van der Waals surface area contributed by atoms with E-state index in [-0.39, 0.29) is 6.04 Å². The molecule has 1 aromatic heterocycles. The first-order chi connectivity index (χ1) is 10.3. The maximum atomic E-state index is 5.95. The molecule has 2 aromatic carbocycles. The average molecular weight is 297 g/mol. The Hall–Kier alpha value is -1.90. The Labute approximate surface area is 129 Å². The summed E-state index contributed by atoms with van der Waals surface area (Å²) in [6.07, 6.45) is 0.850. The molecular weight excluding hydrogens is 280 g/mol. The number of benzene rings is 2. The van der Waals surface area contributed by atoms with E-state index in [2.05, 4.69) is 41.7 Å². The van der Waals surface area contributed by atoms with Crippen molar-refractivity contribution >= 4 is 22.5 Å². The van der Waals surface area contributed by atoms with Crippen LogP contribution >= 0.6 is 11.6 Å². The van der Waals surface area contributed by atoms with Crippen molar-refractivity contribution < 1.29 is 0 Å². The fourth-order valence-corrected chi connectivity index (χ4v) is 2.64. The third-order valence-electron chi connectivity index (χ3n) is 3.69. The van der Waals surface area contributed by atoms with Crippen LogP contribution in [0.1, 0.15) is 17.3 Å². The molecular formula is C18H17ClN2. The Morgan fingerprint density at radius 1 is 1.00 bits per heavy atom. The lowest BCUT2D eigenvalue weighted by atomic mass is 10.0. The summed E-state index contributed by atoms with van der Waals surface area (Å²) in [6.45, 7) is 0. The predicted molar refractivity (Wildman–Crippen MR) is 88.7 cm³/mol. The molecule has 1 atom stereocenters. The Kier molecular flexibility index (Phi) is 4.18. The highest BCUT2D eigenvalue weighted by molar-refractivity contribution is 6.30. The normalized spacial score (nSPS) is 12.5. The van der Waals surface area contributed by atoms with E-state index < -0.39 is 0 Å². The molecule has 0 amide bonds. The van der Waals surface area contributed by atoms with Gasteiger partial charge in [0.05, 0.1) is 5.52 Å². The summed E-state index contributed by atoms with van der Waals surface area (Å²) in [4.78, 5) is 4.74. The van der Waals surface area contributed by atoms with E-state index in [0.717, 1.165) is 22.7 Å². The molecule has 3 aromatic rings. The van der Waals surface area contributed by atoms with E-state index in [1.807, 2.05) is 31.3 Å². The first-order valence-corrected chi connectivity index (χ1v) is 7.41. The molecule has 0 aliphatic carbocycles. The van der Waals surface area contributed by atoms with Gasteiger partial charge in [0, 0.05) is 28.6 Å². The predicted octanol–water partition coefficient (Wildman–Crippen LogP) is 4.39. The zero-order valence-corrected chi connectivity index (χ0v) is 12.6. The van der Waals surface area contributed by atoms with Crippen molar-refractivity contribution in [2.45, 2.75) is 12.5 Å². The second kappa shape index (κ2) is 6.25. The number of nitrogens with one attached hydrogen (secondary N) is 1. The molecule has 1 N–H and O–H groups in total. The van der Waals surface area contributed by atoms with Crippen LogP contribution in [0.3, 0.4) is 0 Å². The van der Waals surface area contributed by atoms with Crippen LogP contribution in [0.25, 0.3) is 10.9 Å². The number of pyridine rings is 1. The lowest BCUT2D eigenvalue weighted by molar-refractivity contribution is 0.585. The van der Waals surface area contributed by atoms with Crippen molar-refractivity contribution in [1.29, 1.82) is 0 Å². The fourth-order valence-electron chi connectivity index (χ4n) is 2.51. The van der Waals surface area contributed by atoms with Crippen LogP contribution in [-0.2, 0) is 6.42 Å². The molecule has 0 radical (unpaired) electrons. The molecule has 2 nitrogen and oxygen atoms in total. The standard InChI is InChI=1S/C18H17ClN2/c1-20-18(14-6-9-15(19)10-7-14)12-16-11-8-13-4-2-3-5-17(13)21-16/h2-11,18,20H,12H2,1H3. The zero-order valence-electron chi connectivity index (χ0n) is 11.9. The number of aromatic nitrogens is 1. The second-order valence-corrected chi connectivity index (χ2v) is 5.53. The minimum absolute atomic E-state index is 0.232. The summed E-state index contributed by atoms with van der Waals surface area (Å²) in [5, 5.41) is 5.29. The minimum atomic E-state index is 0.232. The zero-order chi connectivity index (χ0) is 14.7. The van der Waals surface area contributed by atoms with Gasteiger partial charge in [-0.05, 0) is 36.9 Å². The number of fused-ring (bicyclic) bond motifs is 1. The van der Waals surface area contributed by atoms with E-state index in [1.54, 1.807) is 0 Å². The summed E-state index contributed by atoms with van der Waals surface area (Å²) < 4.78 is 0. The number of hydrogen-bond donors (Lipinski definition) is 1. The Balaban J connectivity index is 1.86. The van der Waals surface area contributed by atoms with Crippen LogP contribution in [0, 0.1) is 0 Å². The molecule has 21 heavy (non-hydrogen) atoms. The maximum absolute atomic E-state index is 5.95. The summed E-state index contributed by atoms with van der Waals surface area (Å²) >= 11 is 5.95. The molecule has 0 aliphatic heterocycles. The van der Waals surface area contributed by atoms with Crippen molar-refractivity contribution in [3.8, 4) is 0 Å². The van der Waals surface area contributed by atoms with Gasteiger partial charge in [-0.15, -0.1) is 0 Å². The number of halogens is 1. The van der Waals surface area contributed by atoms with E-state index in [9.17, 15) is 0 Å². The first kappa shape index (κ1) is 14.1. The van der Waals surface area contributed by atoms with Crippen LogP contribution < -0.4 is 5.32 Å². The smallest absolute Gasteiger partial charge is 0.0705 e.